The van der Waals surface area contributed by atoms with Crippen LogP contribution in [0.25, 0.3) is 10.1 Å². The van der Waals surface area contributed by atoms with Gasteiger partial charge in [0.25, 0.3) is 5.91 Å². The molecule has 2 aromatic carbocycles. The zero-order chi connectivity index (χ0) is 26.2. The van der Waals surface area contributed by atoms with Crippen molar-refractivity contribution in [2.45, 2.75) is 57.5 Å². The molecule has 1 aliphatic carbocycles. The predicted molar refractivity (Wildman–Crippen MR) is 144 cm³/mol. The molecule has 1 heterocycles. The third kappa shape index (κ3) is 6.83. The number of carbonyl (C=O) groups is 4. The van der Waals surface area contributed by atoms with Crippen LogP contribution in [-0.2, 0) is 14.3 Å². The number of Topliss-reactive ketones (excluding diaryl/α,β-unsaturated/α-hetero) is 1. The Balaban J connectivity index is 1.36. The first kappa shape index (κ1) is 26.5. The van der Waals surface area contributed by atoms with Crippen molar-refractivity contribution >= 4 is 45.0 Å². The summed E-state index contributed by atoms with van der Waals surface area (Å²) in [6.07, 6.45) is 4.16. The number of nitrogens with one attached hydrogen (secondary N) is 2. The Labute approximate surface area is 220 Å². The fraction of sp³-hybridized carbons (Fsp3) is 0.379. The number of esters is 1. The van der Waals surface area contributed by atoms with Gasteiger partial charge in [-0.2, -0.15) is 0 Å². The van der Waals surface area contributed by atoms with Gasteiger partial charge in [-0.25, -0.2) is 0 Å². The molecule has 2 N–H and O–H groups in total. The predicted octanol–water partition coefficient (Wildman–Crippen LogP) is 4.90. The highest BCUT2D eigenvalue weighted by molar-refractivity contribution is 7.20. The van der Waals surface area contributed by atoms with E-state index >= 15 is 0 Å². The molecule has 37 heavy (non-hydrogen) atoms. The molecule has 2 amide bonds. The summed E-state index contributed by atoms with van der Waals surface area (Å²) >= 11 is 1.39. The van der Waals surface area contributed by atoms with Crippen molar-refractivity contribution in [1.82, 2.24) is 10.6 Å². The monoisotopic (exact) mass is 520 g/mol. The summed E-state index contributed by atoms with van der Waals surface area (Å²) < 4.78 is 6.34. The first-order valence-electron chi connectivity index (χ1n) is 12.8. The number of carbonyl (C=O) groups excluding carboxylic acids is 4. The minimum absolute atomic E-state index is 0.267. The maximum absolute atomic E-state index is 13.2. The lowest BCUT2D eigenvalue weighted by atomic mass is 10.0. The fourth-order valence-corrected chi connectivity index (χ4v) is 5.62. The van der Waals surface area contributed by atoms with E-state index in [0.717, 1.165) is 29.3 Å². The van der Waals surface area contributed by atoms with Gasteiger partial charge in [-0.1, -0.05) is 74.7 Å². The number of amides is 2. The van der Waals surface area contributed by atoms with Crippen molar-refractivity contribution < 1.29 is 23.9 Å². The zero-order valence-electron chi connectivity index (χ0n) is 20.9. The molecular formula is C29H32N2O5S. The molecule has 1 aromatic heterocycles. The highest BCUT2D eigenvalue weighted by atomic mass is 32.1. The van der Waals surface area contributed by atoms with Gasteiger partial charge >= 0.3 is 5.97 Å². The summed E-state index contributed by atoms with van der Waals surface area (Å²) in [4.78, 5) is 51.8. The molecule has 0 bridgehead atoms. The maximum atomic E-state index is 13.2. The Morgan fingerprint density at radius 2 is 1.78 bits per heavy atom. The maximum Gasteiger partial charge on any atom is 0.311 e. The molecule has 1 fully saturated rings. The van der Waals surface area contributed by atoms with Gasteiger partial charge in [0.2, 0.25) is 5.91 Å². The van der Waals surface area contributed by atoms with E-state index in [-0.39, 0.29) is 24.2 Å². The zero-order valence-corrected chi connectivity index (χ0v) is 21.7. The van der Waals surface area contributed by atoms with Gasteiger partial charge in [0.05, 0.1) is 10.8 Å². The first-order chi connectivity index (χ1) is 18.0. The molecule has 194 valence electrons. The summed E-state index contributed by atoms with van der Waals surface area (Å²) in [6, 6.07) is 17.2. The molecule has 1 aliphatic rings. The Kier molecular flexibility index (Phi) is 9.06. The molecule has 4 rings (SSSR count). The number of benzene rings is 2. The fourth-order valence-electron chi connectivity index (χ4n) is 4.65. The van der Waals surface area contributed by atoms with Gasteiger partial charge in [0.15, 0.2) is 12.4 Å². The SMILES string of the molecule is CCCC[C@H](NC(=O)c1cc2ccccc2s1)C(=O)N[C@H]1CCC[C@H]1C(=O)OCC(=O)c1ccccc1. The normalized spacial score (nSPS) is 17.8. The van der Waals surface area contributed by atoms with Gasteiger partial charge in [-0.3, -0.25) is 19.2 Å². The second kappa shape index (κ2) is 12.6. The highest BCUT2D eigenvalue weighted by Crippen LogP contribution is 2.28. The molecular weight excluding hydrogens is 488 g/mol. The molecule has 0 spiro atoms. The molecule has 8 heteroatoms. The Bertz CT molecular complexity index is 1220. The molecule has 0 aliphatic heterocycles. The lowest BCUT2D eigenvalue weighted by Gasteiger charge is -2.24. The summed E-state index contributed by atoms with van der Waals surface area (Å²) in [5.41, 5.74) is 0.486. The molecule has 0 unspecified atom stereocenters. The van der Waals surface area contributed by atoms with Gasteiger partial charge in [0.1, 0.15) is 6.04 Å². The van der Waals surface area contributed by atoms with Crippen molar-refractivity contribution in [2.24, 2.45) is 5.92 Å². The number of thiophene rings is 1. The van der Waals surface area contributed by atoms with Crippen LogP contribution in [0.4, 0.5) is 0 Å². The second-order valence-electron chi connectivity index (χ2n) is 9.37. The van der Waals surface area contributed by atoms with E-state index < -0.39 is 24.0 Å². The topological polar surface area (TPSA) is 102 Å². The molecule has 3 atom stereocenters. The van der Waals surface area contributed by atoms with E-state index in [1.807, 2.05) is 43.3 Å². The van der Waals surface area contributed by atoms with E-state index in [0.29, 0.717) is 29.7 Å². The summed E-state index contributed by atoms with van der Waals surface area (Å²) in [7, 11) is 0. The number of ketones is 1. The molecule has 0 saturated heterocycles. The number of ether oxygens (including phenoxy) is 1. The van der Waals surface area contributed by atoms with E-state index in [1.54, 1.807) is 24.3 Å². The van der Waals surface area contributed by atoms with Crippen LogP contribution in [0, 0.1) is 5.92 Å². The van der Waals surface area contributed by atoms with Crippen LogP contribution in [0.3, 0.4) is 0 Å². The van der Waals surface area contributed by atoms with Gasteiger partial charge in [-0.15, -0.1) is 11.3 Å². The van der Waals surface area contributed by atoms with Crippen LogP contribution in [0.15, 0.2) is 60.7 Å². The number of unbranched alkanes of at least 4 members (excludes halogenated alkanes) is 1. The van der Waals surface area contributed by atoms with Crippen molar-refractivity contribution in [2.75, 3.05) is 6.61 Å². The van der Waals surface area contributed by atoms with Gasteiger partial charge in [-0.05, 0) is 36.8 Å². The molecule has 3 aromatic rings. The number of rotatable bonds is 11. The number of hydrogen-bond donors (Lipinski definition) is 2. The third-order valence-electron chi connectivity index (χ3n) is 6.71. The lowest BCUT2D eigenvalue weighted by Crippen LogP contribution is -2.51. The number of fused-ring (bicyclic) bond motifs is 1. The Morgan fingerprint density at radius 1 is 1.03 bits per heavy atom. The molecule has 7 nitrogen and oxygen atoms in total. The average Bonchev–Trinajstić information content (AvgIpc) is 3.57. The largest absolute Gasteiger partial charge is 0.457 e. The van der Waals surface area contributed by atoms with E-state index in [9.17, 15) is 19.2 Å². The van der Waals surface area contributed by atoms with E-state index in [2.05, 4.69) is 10.6 Å². The van der Waals surface area contributed by atoms with Crippen LogP contribution >= 0.6 is 11.3 Å². The average molecular weight is 521 g/mol. The molecule has 0 radical (unpaired) electrons. The Morgan fingerprint density at radius 3 is 2.54 bits per heavy atom. The van der Waals surface area contributed by atoms with Crippen molar-refractivity contribution in [3.63, 3.8) is 0 Å². The van der Waals surface area contributed by atoms with Crippen molar-refractivity contribution in [1.29, 1.82) is 0 Å². The van der Waals surface area contributed by atoms with E-state index in [4.69, 9.17) is 4.74 Å². The third-order valence-corrected chi connectivity index (χ3v) is 7.82. The Hall–Kier alpha value is -3.52. The van der Waals surface area contributed by atoms with Gasteiger partial charge < -0.3 is 15.4 Å². The summed E-state index contributed by atoms with van der Waals surface area (Å²) in [6.45, 7) is 1.70. The minimum Gasteiger partial charge on any atom is -0.457 e. The minimum atomic E-state index is -0.699. The first-order valence-corrected chi connectivity index (χ1v) is 13.6. The molecule has 1 saturated carbocycles. The van der Waals surface area contributed by atoms with Crippen LogP contribution in [0.1, 0.15) is 65.5 Å². The summed E-state index contributed by atoms with van der Waals surface area (Å²) in [5, 5.41) is 6.88. The van der Waals surface area contributed by atoms with Crippen LogP contribution < -0.4 is 10.6 Å². The van der Waals surface area contributed by atoms with Crippen LogP contribution in [-0.4, -0.2) is 42.3 Å². The van der Waals surface area contributed by atoms with Crippen molar-refractivity contribution in [3.05, 3.63) is 71.1 Å². The standard InChI is InChI=1S/C29H32N2O5S/c1-2-3-14-23(31-28(34)26-17-20-12-7-8-16-25(20)37-26)27(33)30-22-15-9-13-21(22)29(35)36-18-24(32)19-10-5-4-6-11-19/h4-8,10-12,16-17,21-23H,2-3,9,13-15,18H2,1H3,(H,30,33)(H,31,34)/t21-,22+,23+/m1/s1. The quantitative estimate of drug-likeness (QED) is 0.277. The van der Waals surface area contributed by atoms with Crippen LogP contribution in [0.5, 0.6) is 0 Å². The summed E-state index contributed by atoms with van der Waals surface area (Å²) in [5.74, 6) is -1.84. The van der Waals surface area contributed by atoms with Gasteiger partial charge in [0, 0.05) is 16.3 Å². The van der Waals surface area contributed by atoms with E-state index in [1.165, 1.54) is 11.3 Å². The highest BCUT2D eigenvalue weighted by Gasteiger charge is 2.37. The van der Waals surface area contributed by atoms with Crippen LogP contribution in [0.2, 0.25) is 0 Å². The smallest absolute Gasteiger partial charge is 0.311 e. The number of hydrogen-bond acceptors (Lipinski definition) is 6. The second-order valence-corrected chi connectivity index (χ2v) is 10.4. The lowest BCUT2D eigenvalue weighted by molar-refractivity contribution is -0.148. The van der Waals surface area contributed by atoms with Crippen molar-refractivity contribution in [3.8, 4) is 0 Å².